The van der Waals surface area contributed by atoms with Crippen molar-refractivity contribution in [3.8, 4) is 0 Å². The summed E-state index contributed by atoms with van der Waals surface area (Å²) in [6.45, 7) is 0. The number of ketones is 1. The number of nitrogens with two attached hydrogens (primary N) is 1. The number of nitrogens with zero attached hydrogens (tertiary/aromatic N) is 1. The quantitative estimate of drug-likeness (QED) is 0.808. The molecule has 1 heterocycles. The van der Waals surface area contributed by atoms with Crippen molar-refractivity contribution in [3.05, 3.63) is 30.1 Å². The molecule has 0 radical (unpaired) electrons. The lowest BCUT2D eigenvalue weighted by Gasteiger charge is -2.13. The molecule has 1 saturated carbocycles. The zero-order valence-electron chi connectivity index (χ0n) is 8.73. The smallest absolute Gasteiger partial charge is 0.141 e. The summed E-state index contributed by atoms with van der Waals surface area (Å²) in [7, 11) is 0. The molecule has 0 aromatic carbocycles. The summed E-state index contributed by atoms with van der Waals surface area (Å²) >= 11 is 0. The number of carbonyl (C=O) groups excluding carboxylic acids is 1. The van der Waals surface area contributed by atoms with Gasteiger partial charge in [0, 0.05) is 30.8 Å². The fraction of sp³-hybridized carbons (Fsp3) is 0.500. The van der Waals surface area contributed by atoms with Gasteiger partial charge >= 0.3 is 0 Å². The number of hydrogen-bond acceptors (Lipinski definition) is 3. The first-order chi connectivity index (χ1) is 7.27. The highest BCUT2D eigenvalue weighted by molar-refractivity contribution is 5.84. The Morgan fingerprint density at radius 1 is 1.40 bits per heavy atom. The second-order valence-corrected chi connectivity index (χ2v) is 4.20. The molecule has 15 heavy (non-hydrogen) atoms. The van der Waals surface area contributed by atoms with Crippen LogP contribution in [0.25, 0.3) is 0 Å². The summed E-state index contributed by atoms with van der Waals surface area (Å²) in [6, 6.07) is 3.86. The third-order valence-corrected chi connectivity index (χ3v) is 3.11. The third-order valence-electron chi connectivity index (χ3n) is 3.11. The SMILES string of the molecule is NC1CCCC1C(=O)Cc1ccncc1. The van der Waals surface area contributed by atoms with Crippen molar-refractivity contribution < 1.29 is 4.79 Å². The minimum absolute atomic E-state index is 0.0816. The minimum atomic E-state index is 0.0816. The first-order valence-corrected chi connectivity index (χ1v) is 5.44. The maximum Gasteiger partial charge on any atom is 0.141 e. The second kappa shape index (κ2) is 4.53. The number of Topliss-reactive ketones (excluding diaryl/α,β-unsaturated/α-hetero) is 1. The molecule has 1 fully saturated rings. The Morgan fingerprint density at radius 2 is 2.13 bits per heavy atom. The highest BCUT2D eigenvalue weighted by atomic mass is 16.1. The van der Waals surface area contributed by atoms with Crippen LogP contribution in [0.4, 0.5) is 0 Å². The van der Waals surface area contributed by atoms with E-state index in [9.17, 15) is 4.79 Å². The Bertz CT molecular complexity index is 337. The number of rotatable bonds is 3. The molecule has 0 amide bonds. The first kappa shape index (κ1) is 10.3. The average molecular weight is 204 g/mol. The monoisotopic (exact) mass is 204 g/mol. The molecule has 0 saturated heterocycles. The largest absolute Gasteiger partial charge is 0.327 e. The van der Waals surface area contributed by atoms with E-state index in [-0.39, 0.29) is 17.7 Å². The molecule has 0 bridgehead atoms. The Kier molecular flexibility index (Phi) is 3.11. The summed E-state index contributed by atoms with van der Waals surface area (Å²) in [6.07, 6.45) is 6.99. The van der Waals surface area contributed by atoms with E-state index < -0.39 is 0 Å². The maximum atomic E-state index is 11.9. The summed E-state index contributed by atoms with van der Waals surface area (Å²) in [5.41, 5.74) is 6.94. The molecule has 2 N–H and O–H groups in total. The summed E-state index contributed by atoms with van der Waals surface area (Å²) in [5, 5.41) is 0. The molecule has 1 aromatic heterocycles. The van der Waals surface area contributed by atoms with Crippen molar-refractivity contribution in [3.63, 3.8) is 0 Å². The summed E-state index contributed by atoms with van der Waals surface area (Å²) in [4.78, 5) is 15.9. The fourth-order valence-electron chi connectivity index (χ4n) is 2.22. The van der Waals surface area contributed by atoms with Crippen LogP contribution in [-0.4, -0.2) is 16.8 Å². The number of carbonyl (C=O) groups is 1. The molecule has 3 nitrogen and oxygen atoms in total. The van der Waals surface area contributed by atoms with E-state index in [0.717, 1.165) is 24.8 Å². The van der Waals surface area contributed by atoms with Crippen molar-refractivity contribution >= 4 is 5.78 Å². The van der Waals surface area contributed by atoms with Crippen LogP contribution < -0.4 is 5.73 Å². The third kappa shape index (κ3) is 2.42. The fourth-order valence-corrected chi connectivity index (χ4v) is 2.22. The molecule has 3 heteroatoms. The summed E-state index contributed by atoms with van der Waals surface area (Å²) < 4.78 is 0. The lowest BCUT2D eigenvalue weighted by Crippen LogP contribution is -2.31. The molecule has 1 aromatic rings. The van der Waals surface area contributed by atoms with E-state index in [2.05, 4.69) is 4.98 Å². The summed E-state index contributed by atoms with van der Waals surface area (Å²) in [5.74, 6) is 0.365. The molecule has 2 rings (SSSR count). The van der Waals surface area contributed by atoms with Crippen molar-refractivity contribution in [2.24, 2.45) is 11.7 Å². The van der Waals surface area contributed by atoms with Crippen LogP contribution in [0.1, 0.15) is 24.8 Å². The average Bonchev–Trinajstić information content (AvgIpc) is 2.66. The highest BCUT2D eigenvalue weighted by Crippen LogP contribution is 2.25. The van der Waals surface area contributed by atoms with Gasteiger partial charge in [0.05, 0.1) is 0 Å². The predicted molar refractivity (Wildman–Crippen MR) is 58.3 cm³/mol. The van der Waals surface area contributed by atoms with E-state index in [4.69, 9.17) is 5.73 Å². The van der Waals surface area contributed by atoms with Crippen molar-refractivity contribution in [2.75, 3.05) is 0 Å². The van der Waals surface area contributed by atoms with Gasteiger partial charge in [0.15, 0.2) is 0 Å². The molecule has 2 atom stereocenters. The second-order valence-electron chi connectivity index (χ2n) is 4.20. The van der Waals surface area contributed by atoms with Gasteiger partial charge < -0.3 is 5.73 Å². The van der Waals surface area contributed by atoms with Gasteiger partial charge in [-0.05, 0) is 30.5 Å². The zero-order chi connectivity index (χ0) is 10.7. The van der Waals surface area contributed by atoms with Crippen LogP contribution in [0.3, 0.4) is 0 Å². The van der Waals surface area contributed by atoms with Gasteiger partial charge in [-0.3, -0.25) is 9.78 Å². The van der Waals surface area contributed by atoms with Crippen LogP contribution >= 0.6 is 0 Å². The van der Waals surface area contributed by atoms with Crippen molar-refractivity contribution in [1.82, 2.24) is 4.98 Å². The normalized spacial score (nSPS) is 25.4. The molecular formula is C12H16N2O. The zero-order valence-corrected chi connectivity index (χ0v) is 8.73. The highest BCUT2D eigenvalue weighted by Gasteiger charge is 2.29. The molecule has 0 spiro atoms. The van der Waals surface area contributed by atoms with Gasteiger partial charge in [-0.25, -0.2) is 0 Å². The Balaban J connectivity index is 1.98. The van der Waals surface area contributed by atoms with Crippen LogP contribution in [0.2, 0.25) is 0 Å². The number of aromatic nitrogens is 1. The molecule has 0 aliphatic heterocycles. The van der Waals surface area contributed by atoms with Crippen LogP contribution in [0.5, 0.6) is 0 Å². The van der Waals surface area contributed by atoms with E-state index in [0.29, 0.717) is 6.42 Å². The standard InChI is InChI=1S/C12H16N2O/c13-11-3-1-2-10(11)12(15)8-9-4-6-14-7-5-9/h4-7,10-11H,1-3,8,13H2. The van der Waals surface area contributed by atoms with Gasteiger partial charge in [0.2, 0.25) is 0 Å². The maximum absolute atomic E-state index is 11.9. The molecular weight excluding hydrogens is 188 g/mol. The van der Waals surface area contributed by atoms with E-state index >= 15 is 0 Å². The first-order valence-electron chi connectivity index (χ1n) is 5.44. The van der Waals surface area contributed by atoms with Gasteiger partial charge in [0.25, 0.3) is 0 Å². The number of pyridine rings is 1. The lowest BCUT2D eigenvalue weighted by molar-refractivity contribution is -0.122. The van der Waals surface area contributed by atoms with Gasteiger partial charge in [-0.15, -0.1) is 0 Å². The van der Waals surface area contributed by atoms with Crippen molar-refractivity contribution in [2.45, 2.75) is 31.7 Å². The Hall–Kier alpha value is -1.22. The molecule has 80 valence electrons. The van der Waals surface area contributed by atoms with E-state index in [1.165, 1.54) is 0 Å². The molecule has 1 aliphatic carbocycles. The minimum Gasteiger partial charge on any atom is -0.327 e. The van der Waals surface area contributed by atoms with Gasteiger partial charge in [-0.2, -0.15) is 0 Å². The van der Waals surface area contributed by atoms with E-state index in [1.807, 2.05) is 12.1 Å². The Labute approximate surface area is 89.7 Å². The van der Waals surface area contributed by atoms with E-state index in [1.54, 1.807) is 12.4 Å². The van der Waals surface area contributed by atoms with Gasteiger partial charge in [-0.1, -0.05) is 6.42 Å². The van der Waals surface area contributed by atoms with Gasteiger partial charge in [0.1, 0.15) is 5.78 Å². The van der Waals surface area contributed by atoms with Crippen LogP contribution in [0, 0.1) is 5.92 Å². The topological polar surface area (TPSA) is 56.0 Å². The Morgan fingerprint density at radius 3 is 2.73 bits per heavy atom. The molecule has 1 aliphatic rings. The lowest BCUT2D eigenvalue weighted by atomic mass is 9.94. The van der Waals surface area contributed by atoms with Crippen molar-refractivity contribution in [1.29, 1.82) is 0 Å². The van der Waals surface area contributed by atoms with Crippen LogP contribution in [0.15, 0.2) is 24.5 Å². The molecule has 2 unspecified atom stereocenters. The number of hydrogen-bond donors (Lipinski definition) is 1. The predicted octanol–water partition coefficient (Wildman–Crippen LogP) is 1.32. The van der Waals surface area contributed by atoms with Crippen LogP contribution in [-0.2, 0) is 11.2 Å².